The maximum absolute atomic E-state index is 12.8. The summed E-state index contributed by atoms with van der Waals surface area (Å²) in [6.07, 6.45) is 1.38. The van der Waals surface area contributed by atoms with Crippen molar-refractivity contribution in [2.75, 3.05) is 25.6 Å². The first-order valence-electron chi connectivity index (χ1n) is 8.87. The van der Waals surface area contributed by atoms with Gasteiger partial charge in [0.05, 0.1) is 31.1 Å². The summed E-state index contributed by atoms with van der Waals surface area (Å²) in [5.74, 6) is 0.888. The molecule has 1 aromatic heterocycles. The molecule has 3 rings (SSSR count). The number of rotatable bonds is 8. The van der Waals surface area contributed by atoms with E-state index in [1.807, 2.05) is 0 Å². The Balaban J connectivity index is 1.70. The summed E-state index contributed by atoms with van der Waals surface area (Å²) < 4.78 is 47.5. The van der Waals surface area contributed by atoms with Crippen molar-refractivity contribution in [3.8, 4) is 11.5 Å². The molecule has 0 N–H and O–H groups in total. The Hall–Kier alpha value is -3.46. The van der Waals surface area contributed by atoms with Crippen molar-refractivity contribution in [1.82, 2.24) is 0 Å². The molecule has 3 aromatic rings. The van der Waals surface area contributed by atoms with Crippen LogP contribution in [-0.4, -0.2) is 35.7 Å². The van der Waals surface area contributed by atoms with E-state index in [9.17, 15) is 13.2 Å². The normalized spacial score (nSPS) is 11.0. The van der Waals surface area contributed by atoms with Crippen LogP contribution >= 0.6 is 0 Å². The Morgan fingerprint density at radius 3 is 2.20 bits per heavy atom. The smallest absolute Gasteiger partial charge is 0.341 e. The molecule has 9 heteroatoms. The van der Waals surface area contributed by atoms with Crippen LogP contribution in [-0.2, 0) is 21.4 Å². The lowest BCUT2D eigenvalue weighted by atomic mass is 10.2. The van der Waals surface area contributed by atoms with Crippen LogP contribution in [0.3, 0.4) is 0 Å². The number of hydrogen-bond donors (Lipinski definition) is 0. The van der Waals surface area contributed by atoms with Gasteiger partial charge < -0.3 is 18.6 Å². The van der Waals surface area contributed by atoms with Crippen LogP contribution in [0.5, 0.6) is 11.5 Å². The number of ether oxygens (including phenoxy) is 3. The second kappa shape index (κ2) is 8.91. The number of anilines is 1. The summed E-state index contributed by atoms with van der Waals surface area (Å²) in [7, 11) is 0.550. The van der Waals surface area contributed by atoms with Crippen LogP contribution in [0, 0.1) is 0 Å². The highest BCUT2D eigenvalue weighted by molar-refractivity contribution is 7.92. The zero-order valence-electron chi connectivity index (χ0n) is 16.7. The first-order valence-corrected chi connectivity index (χ1v) is 10.3. The molecular formula is C21H21NO7S. The summed E-state index contributed by atoms with van der Waals surface area (Å²) in [4.78, 5) is 11.8. The lowest BCUT2D eigenvalue weighted by molar-refractivity contribution is 0.0595. The number of carbonyl (C=O) groups is 1. The third-order valence-electron chi connectivity index (χ3n) is 4.44. The molecule has 0 bridgehead atoms. The molecule has 0 aliphatic carbocycles. The molecule has 158 valence electrons. The van der Waals surface area contributed by atoms with Crippen LogP contribution < -0.4 is 13.8 Å². The molecule has 0 aliphatic rings. The predicted molar refractivity (Wildman–Crippen MR) is 109 cm³/mol. The average Bonchev–Trinajstić information content (AvgIpc) is 3.25. The van der Waals surface area contributed by atoms with Gasteiger partial charge in [0.2, 0.25) is 0 Å². The maximum atomic E-state index is 12.8. The SMILES string of the molecule is COC(=O)c1ccoc1COc1ccc(N(C)S(=O)(=O)c2ccc(OC)cc2)cc1. The average molecular weight is 431 g/mol. The van der Waals surface area contributed by atoms with Gasteiger partial charge in [-0.3, -0.25) is 4.31 Å². The summed E-state index contributed by atoms with van der Waals surface area (Å²) in [5, 5.41) is 0. The molecule has 0 fully saturated rings. The quantitative estimate of drug-likeness (QED) is 0.504. The summed E-state index contributed by atoms with van der Waals surface area (Å²) in [6, 6.07) is 14.2. The van der Waals surface area contributed by atoms with Gasteiger partial charge in [0.15, 0.2) is 5.76 Å². The molecule has 0 aliphatic heterocycles. The van der Waals surface area contributed by atoms with Crippen LogP contribution in [0.4, 0.5) is 5.69 Å². The Morgan fingerprint density at radius 2 is 1.60 bits per heavy atom. The van der Waals surface area contributed by atoms with E-state index in [4.69, 9.17) is 13.9 Å². The molecule has 0 saturated heterocycles. The molecule has 0 radical (unpaired) electrons. The van der Waals surface area contributed by atoms with Gasteiger partial charge in [-0.2, -0.15) is 0 Å². The fourth-order valence-corrected chi connectivity index (χ4v) is 3.89. The number of sulfonamides is 1. The topological polar surface area (TPSA) is 95.3 Å². The van der Waals surface area contributed by atoms with E-state index in [-0.39, 0.29) is 11.5 Å². The maximum Gasteiger partial charge on any atom is 0.341 e. The molecule has 0 atom stereocenters. The monoisotopic (exact) mass is 431 g/mol. The predicted octanol–water partition coefficient (Wildman–Crippen LogP) is 3.48. The van der Waals surface area contributed by atoms with Gasteiger partial charge in [-0.05, 0) is 54.6 Å². The van der Waals surface area contributed by atoms with Gasteiger partial charge in [-0.15, -0.1) is 0 Å². The number of hydrogen-bond acceptors (Lipinski definition) is 7. The van der Waals surface area contributed by atoms with E-state index in [0.717, 1.165) is 0 Å². The minimum Gasteiger partial charge on any atom is -0.497 e. The Bertz CT molecular complexity index is 1100. The van der Waals surface area contributed by atoms with Gasteiger partial charge in [0, 0.05) is 7.05 Å². The van der Waals surface area contributed by atoms with Crippen molar-refractivity contribution in [1.29, 1.82) is 0 Å². The minimum absolute atomic E-state index is 0.0246. The lowest BCUT2D eigenvalue weighted by Crippen LogP contribution is -2.26. The van der Waals surface area contributed by atoms with Crippen molar-refractivity contribution in [2.45, 2.75) is 11.5 Å². The first kappa shape index (κ1) is 21.3. The van der Waals surface area contributed by atoms with Gasteiger partial charge in [-0.1, -0.05) is 0 Å². The Kier molecular flexibility index (Phi) is 6.31. The molecule has 0 spiro atoms. The first-order chi connectivity index (χ1) is 14.4. The molecule has 30 heavy (non-hydrogen) atoms. The van der Waals surface area contributed by atoms with Crippen molar-refractivity contribution in [3.63, 3.8) is 0 Å². The van der Waals surface area contributed by atoms with Crippen molar-refractivity contribution in [3.05, 3.63) is 72.2 Å². The molecule has 0 unspecified atom stereocenters. The van der Waals surface area contributed by atoms with E-state index >= 15 is 0 Å². The van der Waals surface area contributed by atoms with E-state index < -0.39 is 16.0 Å². The van der Waals surface area contributed by atoms with Gasteiger partial charge >= 0.3 is 5.97 Å². The second-order valence-corrected chi connectivity index (χ2v) is 8.15. The fraction of sp³-hybridized carbons (Fsp3) is 0.190. The second-order valence-electron chi connectivity index (χ2n) is 6.18. The standard InChI is InChI=1S/C21H21NO7S/c1-22(30(24,25)18-10-8-16(26-2)9-11-18)15-4-6-17(7-5-15)29-14-20-19(12-13-28-20)21(23)27-3/h4-13H,14H2,1-3H3. The largest absolute Gasteiger partial charge is 0.497 e. The van der Waals surface area contributed by atoms with E-state index in [1.54, 1.807) is 36.4 Å². The van der Waals surface area contributed by atoms with E-state index in [1.165, 1.54) is 50.0 Å². The van der Waals surface area contributed by atoms with Crippen LogP contribution in [0.1, 0.15) is 16.1 Å². The Morgan fingerprint density at radius 1 is 0.967 bits per heavy atom. The summed E-state index contributed by atoms with van der Waals surface area (Å²) in [5.41, 5.74) is 0.755. The van der Waals surface area contributed by atoms with E-state index in [0.29, 0.717) is 28.5 Å². The highest BCUT2D eigenvalue weighted by Gasteiger charge is 2.21. The van der Waals surface area contributed by atoms with Crippen LogP contribution in [0.2, 0.25) is 0 Å². The number of carbonyl (C=O) groups excluding carboxylic acids is 1. The lowest BCUT2D eigenvalue weighted by Gasteiger charge is -2.20. The minimum atomic E-state index is -3.73. The van der Waals surface area contributed by atoms with Gasteiger partial charge in [-0.25, -0.2) is 13.2 Å². The number of benzene rings is 2. The number of esters is 1. The molecule has 1 heterocycles. The highest BCUT2D eigenvalue weighted by atomic mass is 32.2. The molecular weight excluding hydrogens is 410 g/mol. The highest BCUT2D eigenvalue weighted by Crippen LogP contribution is 2.26. The molecule has 8 nitrogen and oxygen atoms in total. The van der Waals surface area contributed by atoms with Crippen LogP contribution in [0.15, 0.2) is 70.2 Å². The van der Waals surface area contributed by atoms with Crippen molar-refractivity contribution < 1.29 is 31.8 Å². The third kappa shape index (κ3) is 4.41. The number of furan rings is 1. The van der Waals surface area contributed by atoms with Crippen molar-refractivity contribution in [2.24, 2.45) is 0 Å². The number of nitrogens with zero attached hydrogens (tertiary/aromatic N) is 1. The van der Waals surface area contributed by atoms with Gasteiger partial charge in [0.25, 0.3) is 10.0 Å². The fourth-order valence-electron chi connectivity index (χ4n) is 2.69. The summed E-state index contributed by atoms with van der Waals surface area (Å²) >= 11 is 0. The molecule has 0 saturated carbocycles. The number of methoxy groups -OCH3 is 2. The molecule has 2 aromatic carbocycles. The summed E-state index contributed by atoms with van der Waals surface area (Å²) in [6.45, 7) is 0.0246. The van der Waals surface area contributed by atoms with Crippen LogP contribution in [0.25, 0.3) is 0 Å². The zero-order valence-corrected chi connectivity index (χ0v) is 17.5. The van der Waals surface area contributed by atoms with E-state index in [2.05, 4.69) is 4.74 Å². The zero-order chi connectivity index (χ0) is 21.7. The van der Waals surface area contributed by atoms with Gasteiger partial charge in [0.1, 0.15) is 23.7 Å². The Labute approximate surface area is 174 Å². The van der Waals surface area contributed by atoms with Crippen molar-refractivity contribution >= 4 is 21.7 Å². The molecule has 0 amide bonds. The third-order valence-corrected chi connectivity index (χ3v) is 6.24.